The Morgan fingerprint density at radius 1 is 0.902 bits per heavy atom. The number of barbiturate groups is 1. The Morgan fingerprint density at radius 3 is 2.27 bits per heavy atom. The summed E-state index contributed by atoms with van der Waals surface area (Å²) in [4.78, 5) is 39.6. The SMILES string of the molecule is CCCCOc1ccc(N2C(=O)NC(=O)/C(=C/c3cc(Cl)c(OCc4cc(C)cc(C)c4)c(OCC)c3)C2=O)cc1. The number of ether oxygens (including phenoxy) is 3. The second kappa shape index (κ2) is 13.4. The largest absolute Gasteiger partial charge is 0.494 e. The highest BCUT2D eigenvalue weighted by Gasteiger charge is 2.37. The molecule has 1 saturated heterocycles. The molecule has 1 aliphatic heterocycles. The molecule has 0 aliphatic carbocycles. The molecule has 1 N–H and O–H groups in total. The summed E-state index contributed by atoms with van der Waals surface area (Å²) in [5.41, 5.74) is 3.75. The van der Waals surface area contributed by atoms with Crippen molar-refractivity contribution in [2.75, 3.05) is 18.1 Å². The zero-order chi connectivity index (χ0) is 29.5. The van der Waals surface area contributed by atoms with E-state index in [1.54, 1.807) is 36.4 Å². The van der Waals surface area contributed by atoms with E-state index in [0.29, 0.717) is 41.7 Å². The van der Waals surface area contributed by atoms with Gasteiger partial charge in [0, 0.05) is 0 Å². The van der Waals surface area contributed by atoms with Crippen LogP contribution in [0.4, 0.5) is 10.5 Å². The summed E-state index contributed by atoms with van der Waals surface area (Å²) in [5, 5.41) is 2.49. The first-order valence-electron chi connectivity index (χ1n) is 13.5. The van der Waals surface area contributed by atoms with E-state index in [2.05, 4.69) is 18.3 Å². The van der Waals surface area contributed by atoms with Crippen molar-refractivity contribution >= 4 is 41.2 Å². The summed E-state index contributed by atoms with van der Waals surface area (Å²) in [7, 11) is 0. The second-order valence-electron chi connectivity index (χ2n) is 9.70. The lowest BCUT2D eigenvalue weighted by atomic mass is 10.1. The van der Waals surface area contributed by atoms with Crippen LogP contribution in [0.25, 0.3) is 6.08 Å². The molecule has 0 radical (unpaired) electrons. The van der Waals surface area contributed by atoms with Crippen LogP contribution in [0.5, 0.6) is 17.2 Å². The van der Waals surface area contributed by atoms with Gasteiger partial charge in [-0.25, -0.2) is 9.69 Å². The van der Waals surface area contributed by atoms with E-state index in [4.69, 9.17) is 25.8 Å². The highest BCUT2D eigenvalue weighted by Crippen LogP contribution is 2.38. The second-order valence-corrected chi connectivity index (χ2v) is 10.1. The lowest BCUT2D eigenvalue weighted by Crippen LogP contribution is -2.54. The minimum Gasteiger partial charge on any atom is -0.494 e. The van der Waals surface area contributed by atoms with Crippen molar-refractivity contribution in [3.8, 4) is 17.2 Å². The van der Waals surface area contributed by atoms with Gasteiger partial charge in [0.05, 0.1) is 23.9 Å². The molecule has 0 spiro atoms. The number of anilines is 1. The summed E-state index contributed by atoms with van der Waals surface area (Å²) in [6, 6.07) is 15.1. The van der Waals surface area contributed by atoms with Gasteiger partial charge >= 0.3 is 6.03 Å². The minimum atomic E-state index is -0.833. The molecule has 9 heteroatoms. The average Bonchev–Trinajstić information content (AvgIpc) is 2.91. The minimum absolute atomic E-state index is 0.227. The smallest absolute Gasteiger partial charge is 0.335 e. The zero-order valence-electron chi connectivity index (χ0n) is 23.6. The van der Waals surface area contributed by atoms with E-state index in [9.17, 15) is 14.4 Å². The van der Waals surface area contributed by atoms with Crippen molar-refractivity contribution in [3.05, 3.63) is 87.4 Å². The molecule has 1 heterocycles. The number of carbonyl (C=O) groups is 3. The Morgan fingerprint density at radius 2 is 1.61 bits per heavy atom. The van der Waals surface area contributed by atoms with Gasteiger partial charge < -0.3 is 14.2 Å². The van der Waals surface area contributed by atoms with Gasteiger partial charge in [-0.2, -0.15) is 0 Å². The number of benzene rings is 3. The van der Waals surface area contributed by atoms with Gasteiger partial charge in [0.15, 0.2) is 11.5 Å². The standard InChI is InChI=1S/C32H33ClN2O6/c1-5-7-12-40-25-10-8-24(9-11-25)35-31(37)26(30(36)34-32(35)38)16-22-17-27(33)29(28(18-22)39-6-2)41-19-23-14-20(3)13-21(4)15-23/h8-11,13-18H,5-7,12,19H2,1-4H3,(H,34,36,38)/b26-16-. The van der Waals surface area contributed by atoms with Gasteiger partial charge in [-0.05, 0) is 80.8 Å². The van der Waals surface area contributed by atoms with Gasteiger partial charge in [0.1, 0.15) is 17.9 Å². The molecule has 4 rings (SSSR count). The first-order valence-corrected chi connectivity index (χ1v) is 13.9. The van der Waals surface area contributed by atoms with Gasteiger partial charge in [0.25, 0.3) is 11.8 Å². The first kappa shape index (κ1) is 29.7. The molecule has 41 heavy (non-hydrogen) atoms. The number of amides is 4. The summed E-state index contributed by atoms with van der Waals surface area (Å²) < 4.78 is 17.5. The predicted octanol–water partition coefficient (Wildman–Crippen LogP) is 6.78. The molecule has 3 aromatic rings. The van der Waals surface area contributed by atoms with E-state index in [1.165, 1.54) is 6.08 Å². The third kappa shape index (κ3) is 7.27. The maximum atomic E-state index is 13.4. The number of carbonyl (C=O) groups excluding carboxylic acids is 3. The number of aryl methyl sites for hydroxylation is 2. The number of nitrogens with one attached hydrogen (secondary N) is 1. The maximum absolute atomic E-state index is 13.4. The number of unbranched alkanes of at least 4 members (excludes halogenated alkanes) is 1. The third-order valence-electron chi connectivity index (χ3n) is 6.27. The lowest BCUT2D eigenvalue weighted by Gasteiger charge is -2.26. The first-order chi connectivity index (χ1) is 19.7. The fraction of sp³-hybridized carbons (Fsp3) is 0.281. The molecule has 8 nitrogen and oxygen atoms in total. The summed E-state index contributed by atoms with van der Waals surface area (Å²) in [5.74, 6) is -0.224. The van der Waals surface area contributed by atoms with Crippen molar-refractivity contribution in [1.82, 2.24) is 5.32 Å². The molecule has 0 bridgehead atoms. The van der Waals surface area contributed by atoms with Crippen LogP contribution in [0, 0.1) is 13.8 Å². The van der Waals surface area contributed by atoms with Crippen LogP contribution in [-0.2, 0) is 16.2 Å². The van der Waals surface area contributed by atoms with Crippen LogP contribution in [-0.4, -0.2) is 31.1 Å². The van der Waals surface area contributed by atoms with Gasteiger partial charge in [-0.1, -0.05) is 54.3 Å². The van der Waals surface area contributed by atoms with Gasteiger partial charge in [0.2, 0.25) is 0 Å². The highest BCUT2D eigenvalue weighted by atomic mass is 35.5. The average molecular weight is 577 g/mol. The van der Waals surface area contributed by atoms with Crippen molar-refractivity contribution in [1.29, 1.82) is 0 Å². The number of hydrogen-bond donors (Lipinski definition) is 1. The normalized spacial score (nSPS) is 14.3. The van der Waals surface area contributed by atoms with E-state index in [0.717, 1.165) is 34.4 Å². The van der Waals surface area contributed by atoms with E-state index < -0.39 is 17.8 Å². The Kier molecular flexibility index (Phi) is 9.68. The number of urea groups is 1. The topological polar surface area (TPSA) is 94.2 Å². The maximum Gasteiger partial charge on any atom is 0.335 e. The predicted molar refractivity (Wildman–Crippen MR) is 159 cm³/mol. The molecule has 0 aromatic heterocycles. The number of imide groups is 2. The van der Waals surface area contributed by atoms with Crippen molar-refractivity contribution in [3.63, 3.8) is 0 Å². The molecular weight excluding hydrogens is 544 g/mol. The number of nitrogens with zero attached hydrogens (tertiary/aromatic N) is 1. The monoisotopic (exact) mass is 576 g/mol. The zero-order valence-corrected chi connectivity index (χ0v) is 24.3. The summed E-state index contributed by atoms with van der Waals surface area (Å²) >= 11 is 6.60. The van der Waals surface area contributed by atoms with Crippen LogP contribution in [0.15, 0.2) is 60.2 Å². The molecule has 214 valence electrons. The lowest BCUT2D eigenvalue weighted by molar-refractivity contribution is -0.122. The molecular formula is C32H33ClN2O6. The fourth-order valence-corrected chi connectivity index (χ4v) is 4.74. The van der Waals surface area contributed by atoms with Crippen LogP contribution in [0.3, 0.4) is 0 Å². The molecule has 4 amide bonds. The van der Waals surface area contributed by atoms with E-state index in [-0.39, 0.29) is 17.2 Å². The molecule has 0 unspecified atom stereocenters. The van der Waals surface area contributed by atoms with Crippen LogP contribution in [0.1, 0.15) is 48.9 Å². The molecule has 3 aromatic carbocycles. The summed E-state index contributed by atoms with van der Waals surface area (Å²) in [6.45, 7) is 9.14. The highest BCUT2D eigenvalue weighted by molar-refractivity contribution is 6.39. The Balaban J connectivity index is 1.59. The molecule has 0 atom stereocenters. The summed E-state index contributed by atoms with van der Waals surface area (Å²) in [6.07, 6.45) is 3.30. The van der Waals surface area contributed by atoms with Crippen LogP contribution in [0.2, 0.25) is 5.02 Å². The Labute approximate surface area is 244 Å². The van der Waals surface area contributed by atoms with Gasteiger partial charge in [-0.3, -0.25) is 14.9 Å². The van der Waals surface area contributed by atoms with Crippen LogP contribution < -0.4 is 24.4 Å². The van der Waals surface area contributed by atoms with Gasteiger partial charge in [-0.15, -0.1) is 0 Å². The Bertz CT molecular complexity index is 1460. The van der Waals surface area contributed by atoms with E-state index >= 15 is 0 Å². The van der Waals surface area contributed by atoms with Crippen LogP contribution >= 0.6 is 11.6 Å². The van der Waals surface area contributed by atoms with Crippen molar-refractivity contribution in [2.24, 2.45) is 0 Å². The molecule has 0 saturated carbocycles. The number of rotatable bonds is 11. The van der Waals surface area contributed by atoms with Crippen molar-refractivity contribution in [2.45, 2.75) is 47.1 Å². The molecule has 1 aliphatic rings. The molecule has 1 fully saturated rings. The Hall–Kier alpha value is -4.30. The van der Waals surface area contributed by atoms with E-state index in [1.807, 2.05) is 32.9 Å². The fourth-order valence-electron chi connectivity index (χ4n) is 4.47. The number of hydrogen-bond acceptors (Lipinski definition) is 6. The third-order valence-corrected chi connectivity index (χ3v) is 6.55. The number of halogens is 1. The quantitative estimate of drug-likeness (QED) is 0.154. The van der Waals surface area contributed by atoms with Crippen molar-refractivity contribution < 1.29 is 28.6 Å².